The Morgan fingerprint density at radius 3 is 2.38 bits per heavy atom. The molecule has 0 fully saturated rings. The van der Waals surface area contributed by atoms with E-state index in [1.807, 2.05) is 24.3 Å². The molecule has 1 N–H and O–H groups in total. The number of carbonyl (C=O) groups is 1. The smallest absolute Gasteiger partial charge is 0.335 e. The summed E-state index contributed by atoms with van der Waals surface area (Å²) in [5.74, 6) is 0.297. The summed E-state index contributed by atoms with van der Waals surface area (Å²) in [5.41, 5.74) is 1.08. The summed E-state index contributed by atoms with van der Waals surface area (Å²) in [6.07, 6.45) is 0. The Hall–Kier alpha value is -1.53. The molecule has 2 rings (SSSR count). The van der Waals surface area contributed by atoms with Crippen molar-refractivity contribution in [1.29, 1.82) is 0 Å². The lowest BCUT2D eigenvalue weighted by Crippen LogP contribution is -2.01. The van der Waals surface area contributed by atoms with Gasteiger partial charge in [0.15, 0.2) is 0 Å². The van der Waals surface area contributed by atoms with E-state index in [-0.39, 0.29) is 5.56 Å². The molecule has 0 amide bonds. The third-order valence-electron chi connectivity index (χ3n) is 2.81. The van der Waals surface area contributed by atoms with Crippen LogP contribution in [0.2, 0.25) is 0 Å². The third-order valence-corrected chi connectivity index (χ3v) is 3.99. The van der Waals surface area contributed by atoms with Crippen molar-refractivity contribution in [2.75, 3.05) is 7.11 Å². The topological polar surface area (TPSA) is 55.8 Å². The second-order valence-corrected chi connectivity index (χ2v) is 5.88. The molecule has 0 radical (unpaired) electrons. The molecule has 0 atom stereocenters. The van der Waals surface area contributed by atoms with Gasteiger partial charge in [0.1, 0.15) is 18.1 Å². The van der Waals surface area contributed by atoms with Crippen molar-refractivity contribution in [1.82, 2.24) is 0 Å². The van der Waals surface area contributed by atoms with Gasteiger partial charge in [0.2, 0.25) is 0 Å². The van der Waals surface area contributed by atoms with Gasteiger partial charge in [-0.2, -0.15) is 0 Å². The summed E-state index contributed by atoms with van der Waals surface area (Å²) in [5, 5.41) is 9.00. The number of rotatable bonds is 5. The van der Waals surface area contributed by atoms with Gasteiger partial charge >= 0.3 is 5.97 Å². The summed E-state index contributed by atoms with van der Waals surface area (Å²) in [7, 11) is 1.60. The lowest BCUT2D eigenvalue weighted by atomic mass is 10.2. The lowest BCUT2D eigenvalue weighted by Gasteiger charge is -2.13. The van der Waals surface area contributed by atoms with Crippen LogP contribution in [0.25, 0.3) is 0 Å². The first-order chi connectivity index (χ1) is 10.0. The molecule has 0 unspecified atom stereocenters. The van der Waals surface area contributed by atoms with Crippen LogP contribution >= 0.6 is 31.9 Å². The van der Waals surface area contributed by atoms with Crippen LogP contribution in [-0.2, 0) is 6.61 Å². The van der Waals surface area contributed by atoms with E-state index in [4.69, 9.17) is 14.6 Å². The summed E-state index contributed by atoms with van der Waals surface area (Å²) in [6, 6.07) is 10.6. The summed E-state index contributed by atoms with van der Waals surface area (Å²) >= 11 is 6.65. The Balaban J connectivity index is 2.22. The van der Waals surface area contributed by atoms with Gasteiger partial charge in [-0.3, -0.25) is 0 Å². The third kappa shape index (κ3) is 3.77. The van der Waals surface area contributed by atoms with Crippen LogP contribution in [0.3, 0.4) is 0 Å². The highest BCUT2D eigenvalue weighted by atomic mass is 79.9. The average Bonchev–Trinajstić information content (AvgIpc) is 2.46. The first-order valence-electron chi connectivity index (χ1n) is 6.00. The zero-order chi connectivity index (χ0) is 15.4. The number of para-hydroxylation sites is 1. The van der Waals surface area contributed by atoms with Crippen LogP contribution in [0.1, 0.15) is 15.9 Å². The van der Waals surface area contributed by atoms with Gasteiger partial charge in [-0.05, 0) is 50.1 Å². The maximum Gasteiger partial charge on any atom is 0.335 e. The number of methoxy groups -OCH3 is 1. The van der Waals surface area contributed by atoms with Crippen LogP contribution in [0.4, 0.5) is 0 Å². The quantitative estimate of drug-likeness (QED) is 0.781. The molecular weight excluding hydrogens is 404 g/mol. The average molecular weight is 416 g/mol. The SMILES string of the molecule is COc1ccccc1COc1c(Br)cc(C(=O)O)cc1Br. The number of carboxylic acids is 1. The number of hydrogen-bond donors (Lipinski definition) is 1. The summed E-state index contributed by atoms with van der Waals surface area (Å²) in [4.78, 5) is 11.0. The van der Waals surface area contributed by atoms with Crippen LogP contribution in [0.15, 0.2) is 45.3 Å². The van der Waals surface area contributed by atoms with Crippen molar-refractivity contribution in [3.05, 3.63) is 56.5 Å². The van der Waals surface area contributed by atoms with Crippen molar-refractivity contribution >= 4 is 37.8 Å². The number of halogens is 2. The van der Waals surface area contributed by atoms with E-state index in [2.05, 4.69) is 31.9 Å². The molecule has 4 nitrogen and oxygen atoms in total. The fourth-order valence-corrected chi connectivity index (χ4v) is 3.21. The Kier molecular flexibility index (Phi) is 5.25. The molecule has 2 aromatic rings. The first kappa shape index (κ1) is 15.9. The van der Waals surface area contributed by atoms with E-state index < -0.39 is 5.97 Å². The van der Waals surface area contributed by atoms with Crippen molar-refractivity contribution in [2.45, 2.75) is 6.61 Å². The van der Waals surface area contributed by atoms with E-state index in [0.717, 1.165) is 11.3 Å². The Morgan fingerprint density at radius 2 is 1.81 bits per heavy atom. The maximum absolute atomic E-state index is 11.0. The molecule has 0 bridgehead atoms. The number of ether oxygens (including phenoxy) is 2. The minimum absolute atomic E-state index is 0.179. The minimum Gasteiger partial charge on any atom is -0.496 e. The van der Waals surface area contributed by atoms with Crippen molar-refractivity contribution < 1.29 is 19.4 Å². The predicted molar refractivity (Wildman–Crippen MR) is 86.1 cm³/mol. The summed E-state index contributed by atoms with van der Waals surface area (Å²) < 4.78 is 12.2. The highest BCUT2D eigenvalue weighted by Gasteiger charge is 2.13. The normalized spacial score (nSPS) is 10.2. The second kappa shape index (κ2) is 6.95. The van der Waals surface area contributed by atoms with E-state index in [0.29, 0.717) is 21.3 Å². The molecule has 0 aliphatic carbocycles. The first-order valence-corrected chi connectivity index (χ1v) is 7.58. The molecule has 0 spiro atoms. The van der Waals surface area contributed by atoms with Crippen molar-refractivity contribution in [3.63, 3.8) is 0 Å². The number of aromatic carboxylic acids is 1. The van der Waals surface area contributed by atoms with Gasteiger partial charge in [-0.15, -0.1) is 0 Å². The number of benzene rings is 2. The Bertz CT molecular complexity index is 647. The molecule has 21 heavy (non-hydrogen) atoms. The van der Waals surface area contributed by atoms with Gasteiger partial charge in [0, 0.05) is 5.56 Å². The van der Waals surface area contributed by atoms with Crippen LogP contribution < -0.4 is 9.47 Å². The maximum atomic E-state index is 11.0. The zero-order valence-electron chi connectivity index (χ0n) is 11.1. The fraction of sp³-hybridized carbons (Fsp3) is 0.133. The van der Waals surface area contributed by atoms with E-state index in [1.165, 1.54) is 12.1 Å². The van der Waals surface area contributed by atoms with Gasteiger partial charge in [-0.25, -0.2) is 4.79 Å². The summed E-state index contributed by atoms with van der Waals surface area (Å²) in [6.45, 7) is 0.313. The minimum atomic E-state index is -0.993. The highest BCUT2D eigenvalue weighted by molar-refractivity contribution is 9.11. The molecule has 0 heterocycles. The molecule has 110 valence electrons. The molecule has 0 aliphatic rings. The van der Waals surface area contributed by atoms with E-state index in [1.54, 1.807) is 7.11 Å². The van der Waals surface area contributed by atoms with Crippen molar-refractivity contribution in [3.8, 4) is 11.5 Å². The Labute approximate surface area is 139 Å². The molecule has 0 aliphatic heterocycles. The largest absolute Gasteiger partial charge is 0.496 e. The molecule has 6 heteroatoms. The fourth-order valence-electron chi connectivity index (χ4n) is 1.79. The zero-order valence-corrected chi connectivity index (χ0v) is 14.3. The molecule has 2 aromatic carbocycles. The molecule has 0 saturated carbocycles. The molecule has 0 aromatic heterocycles. The second-order valence-electron chi connectivity index (χ2n) is 4.17. The van der Waals surface area contributed by atoms with Gasteiger partial charge in [-0.1, -0.05) is 18.2 Å². The van der Waals surface area contributed by atoms with Crippen LogP contribution in [-0.4, -0.2) is 18.2 Å². The van der Waals surface area contributed by atoms with Gasteiger partial charge < -0.3 is 14.6 Å². The van der Waals surface area contributed by atoms with E-state index >= 15 is 0 Å². The van der Waals surface area contributed by atoms with Crippen molar-refractivity contribution in [2.24, 2.45) is 0 Å². The van der Waals surface area contributed by atoms with Crippen LogP contribution in [0.5, 0.6) is 11.5 Å². The Morgan fingerprint density at radius 1 is 1.19 bits per heavy atom. The lowest BCUT2D eigenvalue weighted by molar-refractivity contribution is 0.0696. The predicted octanol–water partition coefficient (Wildman–Crippen LogP) is 4.50. The highest BCUT2D eigenvalue weighted by Crippen LogP contribution is 2.35. The van der Waals surface area contributed by atoms with Crippen LogP contribution in [0, 0.1) is 0 Å². The number of carboxylic acid groups (broad SMARTS) is 1. The monoisotopic (exact) mass is 414 g/mol. The molecule has 0 saturated heterocycles. The standard InChI is InChI=1S/C15H12Br2O4/c1-20-13-5-3-2-4-9(13)8-21-14-11(16)6-10(15(18)19)7-12(14)17/h2-7H,8H2,1H3,(H,18,19). The van der Waals surface area contributed by atoms with Gasteiger partial charge in [0.25, 0.3) is 0 Å². The van der Waals surface area contributed by atoms with Gasteiger partial charge in [0.05, 0.1) is 21.6 Å². The molecular formula is C15H12Br2O4. The van der Waals surface area contributed by atoms with E-state index in [9.17, 15) is 4.79 Å². The number of hydrogen-bond acceptors (Lipinski definition) is 3.